The maximum absolute atomic E-state index is 14.0. The summed E-state index contributed by atoms with van der Waals surface area (Å²) < 4.78 is 39.1. The van der Waals surface area contributed by atoms with Crippen LogP contribution in [0.25, 0.3) is 0 Å². The van der Waals surface area contributed by atoms with Crippen LogP contribution in [-0.2, 0) is 14.8 Å². The summed E-state index contributed by atoms with van der Waals surface area (Å²) in [5.74, 6) is -1.10. The lowest BCUT2D eigenvalue weighted by Crippen LogP contribution is -2.51. The van der Waals surface area contributed by atoms with Gasteiger partial charge in [-0.05, 0) is 31.9 Å². The summed E-state index contributed by atoms with van der Waals surface area (Å²) in [6.45, 7) is 5.44. The first-order valence-electron chi connectivity index (χ1n) is 7.26. The Morgan fingerprint density at radius 2 is 1.86 bits per heavy atom. The Labute approximate surface area is 131 Å². The fourth-order valence-corrected chi connectivity index (χ4v) is 3.32. The number of nitrogens with zero attached hydrogens (tertiary/aromatic N) is 1. The van der Waals surface area contributed by atoms with E-state index in [0.29, 0.717) is 0 Å². The van der Waals surface area contributed by atoms with Crippen LogP contribution in [0, 0.1) is 5.82 Å². The SMILES string of the molecule is CCC(C)NC(=O)C(CC)N(c1ccccc1F)S(C)(=O)=O. The van der Waals surface area contributed by atoms with E-state index >= 15 is 0 Å². The molecule has 2 atom stereocenters. The molecule has 0 aliphatic carbocycles. The number of halogens is 1. The number of nitrogens with one attached hydrogen (secondary N) is 1. The van der Waals surface area contributed by atoms with Crippen molar-refractivity contribution in [1.29, 1.82) is 0 Å². The third-order valence-corrected chi connectivity index (χ3v) is 4.59. The second-order valence-electron chi connectivity index (χ2n) is 5.25. The fraction of sp³-hybridized carbons (Fsp3) is 0.533. The van der Waals surface area contributed by atoms with Gasteiger partial charge in [-0.25, -0.2) is 12.8 Å². The molecule has 0 spiro atoms. The van der Waals surface area contributed by atoms with Gasteiger partial charge in [-0.2, -0.15) is 0 Å². The highest BCUT2D eigenvalue weighted by Crippen LogP contribution is 2.25. The van der Waals surface area contributed by atoms with Crippen LogP contribution in [0.1, 0.15) is 33.6 Å². The van der Waals surface area contributed by atoms with Crippen LogP contribution in [0.3, 0.4) is 0 Å². The molecule has 0 bridgehead atoms. The Kier molecular flexibility index (Phi) is 6.34. The smallest absolute Gasteiger partial charge is 0.244 e. The van der Waals surface area contributed by atoms with Crippen LogP contribution >= 0.6 is 0 Å². The summed E-state index contributed by atoms with van der Waals surface area (Å²) >= 11 is 0. The van der Waals surface area contributed by atoms with Crippen LogP contribution in [0.4, 0.5) is 10.1 Å². The molecular formula is C15H23FN2O3S. The summed E-state index contributed by atoms with van der Waals surface area (Å²) in [7, 11) is -3.81. The molecule has 0 heterocycles. The largest absolute Gasteiger partial charge is 0.352 e. The molecule has 0 aliphatic rings. The average molecular weight is 330 g/mol. The number of sulfonamides is 1. The van der Waals surface area contributed by atoms with Gasteiger partial charge >= 0.3 is 0 Å². The quantitative estimate of drug-likeness (QED) is 0.834. The molecule has 0 fully saturated rings. The van der Waals surface area contributed by atoms with Gasteiger partial charge in [0, 0.05) is 6.04 Å². The fourth-order valence-electron chi connectivity index (χ4n) is 2.11. The number of anilines is 1. The summed E-state index contributed by atoms with van der Waals surface area (Å²) in [5, 5.41) is 2.75. The normalized spacial score (nSPS) is 14.2. The van der Waals surface area contributed by atoms with E-state index in [1.54, 1.807) is 6.92 Å². The Hall–Kier alpha value is -1.63. The van der Waals surface area contributed by atoms with Crippen molar-refractivity contribution in [2.24, 2.45) is 0 Å². The van der Waals surface area contributed by atoms with E-state index in [1.807, 2.05) is 13.8 Å². The summed E-state index contributed by atoms with van der Waals surface area (Å²) in [6.07, 6.45) is 1.93. The molecule has 22 heavy (non-hydrogen) atoms. The zero-order valence-corrected chi connectivity index (χ0v) is 14.2. The third-order valence-electron chi connectivity index (χ3n) is 3.42. The van der Waals surface area contributed by atoms with Crippen LogP contribution in [0.2, 0.25) is 0 Å². The second-order valence-corrected chi connectivity index (χ2v) is 7.11. The Morgan fingerprint density at radius 1 is 1.27 bits per heavy atom. The van der Waals surface area contributed by atoms with Crippen molar-refractivity contribution in [3.63, 3.8) is 0 Å². The van der Waals surface area contributed by atoms with Crippen molar-refractivity contribution >= 4 is 21.6 Å². The number of hydrogen-bond donors (Lipinski definition) is 1. The Morgan fingerprint density at radius 3 is 2.32 bits per heavy atom. The van der Waals surface area contributed by atoms with Crippen molar-refractivity contribution in [2.75, 3.05) is 10.6 Å². The van der Waals surface area contributed by atoms with E-state index < -0.39 is 27.8 Å². The van der Waals surface area contributed by atoms with Crippen LogP contribution < -0.4 is 9.62 Å². The molecule has 1 aromatic rings. The van der Waals surface area contributed by atoms with E-state index in [1.165, 1.54) is 24.3 Å². The minimum Gasteiger partial charge on any atom is -0.352 e. The third kappa shape index (κ3) is 4.43. The molecule has 1 amide bonds. The zero-order valence-electron chi connectivity index (χ0n) is 13.3. The Balaban J connectivity index is 3.26. The van der Waals surface area contributed by atoms with Gasteiger partial charge in [0.25, 0.3) is 0 Å². The predicted molar refractivity (Wildman–Crippen MR) is 85.7 cm³/mol. The van der Waals surface area contributed by atoms with Gasteiger partial charge in [0.1, 0.15) is 11.9 Å². The molecule has 1 rings (SSSR count). The van der Waals surface area contributed by atoms with Gasteiger partial charge in [-0.3, -0.25) is 9.10 Å². The molecular weight excluding hydrogens is 307 g/mol. The molecule has 0 radical (unpaired) electrons. The van der Waals surface area contributed by atoms with Crippen LogP contribution in [0.5, 0.6) is 0 Å². The van der Waals surface area contributed by atoms with Gasteiger partial charge in [0.15, 0.2) is 0 Å². The van der Waals surface area contributed by atoms with Gasteiger partial charge in [0.05, 0.1) is 11.9 Å². The van der Waals surface area contributed by atoms with E-state index in [4.69, 9.17) is 0 Å². The summed E-state index contributed by atoms with van der Waals surface area (Å²) in [4.78, 5) is 12.4. The standard InChI is InChI=1S/C15H23FN2O3S/c1-5-11(3)17-15(19)13(6-2)18(22(4,20)21)14-10-8-7-9-12(14)16/h7-11,13H,5-6H2,1-4H3,(H,17,19). The maximum atomic E-state index is 14.0. The molecule has 1 N–H and O–H groups in total. The monoisotopic (exact) mass is 330 g/mol. The minimum absolute atomic E-state index is 0.0800. The minimum atomic E-state index is -3.81. The molecule has 7 heteroatoms. The van der Waals surface area contributed by atoms with Crippen LogP contribution in [0.15, 0.2) is 24.3 Å². The van der Waals surface area contributed by atoms with Crippen molar-refractivity contribution in [3.05, 3.63) is 30.1 Å². The highest BCUT2D eigenvalue weighted by molar-refractivity contribution is 7.92. The van der Waals surface area contributed by atoms with Crippen molar-refractivity contribution in [3.8, 4) is 0 Å². The number of hydrogen-bond acceptors (Lipinski definition) is 3. The van der Waals surface area contributed by atoms with Crippen molar-refractivity contribution < 1.29 is 17.6 Å². The predicted octanol–water partition coefficient (Wildman–Crippen LogP) is 2.29. The second kappa shape index (κ2) is 7.58. The maximum Gasteiger partial charge on any atom is 0.244 e. The summed E-state index contributed by atoms with van der Waals surface area (Å²) in [5.41, 5.74) is -0.115. The first-order valence-corrected chi connectivity index (χ1v) is 9.11. The van der Waals surface area contributed by atoms with Crippen molar-refractivity contribution in [2.45, 2.75) is 45.7 Å². The van der Waals surface area contributed by atoms with Gasteiger partial charge in [-0.1, -0.05) is 26.0 Å². The number of para-hydroxylation sites is 1. The van der Waals surface area contributed by atoms with E-state index in [2.05, 4.69) is 5.32 Å². The van der Waals surface area contributed by atoms with Gasteiger partial charge in [0.2, 0.25) is 15.9 Å². The van der Waals surface area contributed by atoms with Gasteiger partial charge in [-0.15, -0.1) is 0 Å². The number of carbonyl (C=O) groups is 1. The average Bonchev–Trinajstić information content (AvgIpc) is 2.44. The first-order chi connectivity index (χ1) is 10.2. The molecule has 0 aromatic heterocycles. The molecule has 1 aromatic carbocycles. The lowest BCUT2D eigenvalue weighted by molar-refractivity contribution is -0.122. The molecule has 2 unspecified atom stereocenters. The first kappa shape index (κ1) is 18.4. The Bertz CT molecular complexity index is 619. The lowest BCUT2D eigenvalue weighted by atomic mass is 10.1. The number of benzene rings is 1. The van der Waals surface area contributed by atoms with Gasteiger partial charge < -0.3 is 5.32 Å². The molecule has 0 aliphatic heterocycles. The molecule has 5 nitrogen and oxygen atoms in total. The van der Waals surface area contributed by atoms with E-state index in [9.17, 15) is 17.6 Å². The number of carbonyl (C=O) groups excluding carboxylic acids is 1. The molecule has 124 valence electrons. The highest BCUT2D eigenvalue weighted by atomic mass is 32.2. The van der Waals surface area contributed by atoms with Crippen molar-refractivity contribution in [1.82, 2.24) is 5.32 Å². The topological polar surface area (TPSA) is 66.5 Å². The van der Waals surface area contributed by atoms with E-state index in [-0.39, 0.29) is 18.2 Å². The molecule has 0 saturated carbocycles. The number of amides is 1. The highest BCUT2D eigenvalue weighted by Gasteiger charge is 2.33. The summed E-state index contributed by atoms with van der Waals surface area (Å²) in [6, 6.07) is 4.47. The van der Waals surface area contributed by atoms with E-state index in [0.717, 1.165) is 17.0 Å². The van der Waals surface area contributed by atoms with Crippen LogP contribution in [-0.4, -0.2) is 32.7 Å². The zero-order chi connectivity index (χ0) is 16.9. The molecule has 0 saturated heterocycles. The number of rotatable bonds is 7. The lowest BCUT2D eigenvalue weighted by Gasteiger charge is -2.31.